The monoisotopic (exact) mass is 305 g/mol. The molecule has 6 heteroatoms. The van der Waals surface area contributed by atoms with Crippen LogP contribution < -0.4 is 5.32 Å². The Kier molecular flexibility index (Phi) is 3.33. The molecule has 1 aliphatic rings. The van der Waals surface area contributed by atoms with E-state index in [-0.39, 0.29) is 28.9 Å². The van der Waals surface area contributed by atoms with E-state index in [0.29, 0.717) is 6.42 Å². The van der Waals surface area contributed by atoms with E-state index in [1.165, 1.54) is 6.07 Å². The van der Waals surface area contributed by atoms with Crippen LogP contribution in [0.5, 0.6) is 5.75 Å². The molecule has 1 saturated heterocycles. The molecule has 21 heavy (non-hydrogen) atoms. The smallest absolute Gasteiger partial charge is 0.255 e. The second kappa shape index (κ2) is 5.04. The quantitative estimate of drug-likeness (QED) is 0.880. The zero-order chi connectivity index (χ0) is 15.0. The molecule has 1 fully saturated rings. The first-order chi connectivity index (χ1) is 9.94. The van der Waals surface area contributed by atoms with Crippen LogP contribution >= 0.6 is 0 Å². The van der Waals surface area contributed by atoms with Gasteiger partial charge in [-0.15, -0.1) is 0 Å². The van der Waals surface area contributed by atoms with Crippen LogP contribution in [0.2, 0.25) is 0 Å². The summed E-state index contributed by atoms with van der Waals surface area (Å²) < 4.78 is 22.8. The number of fused-ring (bicyclic) bond motifs is 1. The molecule has 0 aromatic heterocycles. The Morgan fingerprint density at radius 2 is 1.86 bits per heavy atom. The summed E-state index contributed by atoms with van der Waals surface area (Å²) in [6.07, 6.45) is 0.419. The maximum atomic E-state index is 12.2. The van der Waals surface area contributed by atoms with Crippen LogP contribution in [0.1, 0.15) is 16.8 Å². The van der Waals surface area contributed by atoms with Crippen molar-refractivity contribution in [3.63, 3.8) is 0 Å². The van der Waals surface area contributed by atoms with Crippen LogP contribution in [0, 0.1) is 0 Å². The van der Waals surface area contributed by atoms with E-state index < -0.39 is 15.7 Å². The van der Waals surface area contributed by atoms with Crippen LogP contribution in [-0.2, 0) is 9.84 Å². The van der Waals surface area contributed by atoms with Crippen molar-refractivity contribution in [1.82, 2.24) is 5.32 Å². The first kappa shape index (κ1) is 13.9. The number of phenols is 1. The Labute approximate surface area is 122 Å². The molecule has 2 N–H and O–H groups in total. The topological polar surface area (TPSA) is 83.5 Å². The van der Waals surface area contributed by atoms with Gasteiger partial charge in [-0.1, -0.05) is 24.3 Å². The van der Waals surface area contributed by atoms with Crippen molar-refractivity contribution in [2.75, 3.05) is 11.5 Å². The number of nitrogens with one attached hydrogen (secondary N) is 1. The van der Waals surface area contributed by atoms with Gasteiger partial charge in [-0.3, -0.25) is 4.79 Å². The predicted octanol–water partition coefficient (Wildman–Crippen LogP) is 1.46. The Bertz CT molecular complexity index is 814. The Morgan fingerprint density at radius 3 is 2.48 bits per heavy atom. The number of rotatable bonds is 2. The van der Waals surface area contributed by atoms with Gasteiger partial charge in [-0.2, -0.15) is 0 Å². The number of aromatic hydroxyl groups is 1. The molecule has 1 amide bonds. The maximum Gasteiger partial charge on any atom is 0.255 e. The first-order valence-corrected chi connectivity index (χ1v) is 8.50. The first-order valence-electron chi connectivity index (χ1n) is 6.68. The molecule has 1 unspecified atom stereocenters. The zero-order valence-electron chi connectivity index (χ0n) is 11.2. The molecule has 110 valence electrons. The molecule has 0 aliphatic carbocycles. The molecule has 1 aliphatic heterocycles. The van der Waals surface area contributed by atoms with E-state index in [9.17, 15) is 18.3 Å². The van der Waals surface area contributed by atoms with Gasteiger partial charge in [0.05, 0.1) is 17.1 Å². The second-order valence-electron chi connectivity index (χ2n) is 5.29. The van der Waals surface area contributed by atoms with E-state index in [1.807, 2.05) is 24.3 Å². The van der Waals surface area contributed by atoms with Gasteiger partial charge in [0.2, 0.25) is 0 Å². The molecule has 2 aromatic rings. The second-order valence-corrected chi connectivity index (χ2v) is 7.52. The number of phenolic OH excluding ortho intramolecular Hbond substituents is 1. The van der Waals surface area contributed by atoms with Crippen LogP contribution in [-0.4, -0.2) is 37.0 Å². The highest BCUT2D eigenvalue weighted by Gasteiger charge is 2.29. The molecule has 3 rings (SSSR count). The average molecular weight is 305 g/mol. The summed E-state index contributed by atoms with van der Waals surface area (Å²) in [5.41, 5.74) is 0.165. The van der Waals surface area contributed by atoms with Gasteiger partial charge in [0.25, 0.3) is 5.91 Å². The van der Waals surface area contributed by atoms with Crippen molar-refractivity contribution in [2.45, 2.75) is 12.5 Å². The molecular formula is C15H15NO4S. The molecule has 0 spiro atoms. The fraction of sp³-hybridized carbons (Fsp3) is 0.267. The summed E-state index contributed by atoms with van der Waals surface area (Å²) in [5, 5.41) is 14.3. The summed E-state index contributed by atoms with van der Waals surface area (Å²) in [7, 11) is -3.05. The Morgan fingerprint density at radius 1 is 1.19 bits per heavy atom. The SMILES string of the molecule is O=C(NC1CCS(=O)(=O)C1)c1cc2ccccc2cc1O. The number of hydrogen-bond acceptors (Lipinski definition) is 4. The summed E-state index contributed by atoms with van der Waals surface area (Å²) in [5.74, 6) is -0.484. The lowest BCUT2D eigenvalue weighted by Crippen LogP contribution is -2.35. The minimum absolute atomic E-state index is 0.0346. The van der Waals surface area contributed by atoms with Gasteiger partial charge in [0.1, 0.15) is 5.75 Å². The molecule has 0 saturated carbocycles. The summed E-state index contributed by atoms with van der Waals surface area (Å²) in [6, 6.07) is 10.2. The Balaban J connectivity index is 1.86. The largest absolute Gasteiger partial charge is 0.507 e. The fourth-order valence-electron chi connectivity index (χ4n) is 2.58. The van der Waals surface area contributed by atoms with Gasteiger partial charge in [-0.25, -0.2) is 8.42 Å². The van der Waals surface area contributed by atoms with Crippen LogP contribution in [0.15, 0.2) is 36.4 Å². The number of carbonyl (C=O) groups is 1. The summed E-state index contributed by atoms with van der Waals surface area (Å²) in [4.78, 5) is 12.2. The predicted molar refractivity (Wildman–Crippen MR) is 80.1 cm³/mol. The molecular weight excluding hydrogens is 290 g/mol. The minimum Gasteiger partial charge on any atom is -0.507 e. The summed E-state index contributed by atoms with van der Waals surface area (Å²) >= 11 is 0. The van der Waals surface area contributed by atoms with E-state index in [0.717, 1.165) is 10.8 Å². The molecule has 1 heterocycles. The van der Waals surface area contributed by atoms with Crippen molar-refractivity contribution >= 4 is 26.5 Å². The van der Waals surface area contributed by atoms with Crippen LogP contribution in [0.3, 0.4) is 0 Å². The van der Waals surface area contributed by atoms with Crippen molar-refractivity contribution in [1.29, 1.82) is 0 Å². The van der Waals surface area contributed by atoms with Crippen molar-refractivity contribution in [3.05, 3.63) is 42.0 Å². The third-order valence-electron chi connectivity index (χ3n) is 3.68. The highest BCUT2D eigenvalue weighted by Crippen LogP contribution is 2.25. The van der Waals surface area contributed by atoms with Crippen LogP contribution in [0.4, 0.5) is 0 Å². The lowest BCUT2D eigenvalue weighted by molar-refractivity contribution is 0.0938. The number of benzene rings is 2. The lowest BCUT2D eigenvalue weighted by Gasteiger charge is -2.12. The van der Waals surface area contributed by atoms with Gasteiger partial charge < -0.3 is 10.4 Å². The Hall–Kier alpha value is -2.08. The third-order valence-corrected chi connectivity index (χ3v) is 5.44. The maximum absolute atomic E-state index is 12.2. The number of amides is 1. The summed E-state index contributed by atoms with van der Waals surface area (Å²) in [6.45, 7) is 0. The van der Waals surface area contributed by atoms with Crippen molar-refractivity contribution in [2.24, 2.45) is 0 Å². The van der Waals surface area contributed by atoms with Gasteiger partial charge >= 0.3 is 0 Å². The van der Waals surface area contributed by atoms with E-state index in [4.69, 9.17) is 0 Å². The molecule has 0 radical (unpaired) electrons. The van der Waals surface area contributed by atoms with Gasteiger partial charge in [0.15, 0.2) is 9.84 Å². The number of hydrogen-bond donors (Lipinski definition) is 2. The third kappa shape index (κ3) is 2.85. The fourth-order valence-corrected chi connectivity index (χ4v) is 4.26. The number of carbonyl (C=O) groups excluding carboxylic acids is 1. The molecule has 5 nitrogen and oxygen atoms in total. The molecule has 1 atom stereocenters. The molecule has 2 aromatic carbocycles. The standard InChI is InChI=1S/C15H15NO4S/c17-14-8-11-4-2-1-3-10(11)7-13(14)15(18)16-12-5-6-21(19,20)9-12/h1-4,7-8,12,17H,5-6,9H2,(H,16,18). The van der Waals surface area contributed by atoms with Crippen molar-refractivity contribution < 1.29 is 18.3 Å². The zero-order valence-corrected chi connectivity index (χ0v) is 12.1. The van der Waals surface area contributed by atoms with Gasteiger partial charge in [-0.05, 0) is 29.3 Å². The van der Waals surface area contributed by atoms with Gasteiger partial charge in [0, 0.05) is 6.04 Å². The van der Waals surface area contributed by atoms with E-state index in [2.05, 4.69) is 5.32 Å². The molecule has 0 bridgehead atoms. The van der Waals surface area contributed by atoms with E-state index in [1.54, 1.807) is 6.07 Å². The number of sulfone groups is 1. The van der Waals surface area contributed by atoms with Crippen LogP contribution in [0.25, 0.3) is 10.8 Å². The highest BCUT2D eigenvalue weighted by atomic mass is 32.2. The highest BCUT2D eigenvalue weighted by molar-refractivity contribution is 7.91. The lowest BCUT2D eigenvalue weighted by atomic mass is 10.1. The van der Waals surface area contributed by atoms with E-state index >= 15 is 0 Å². The average Bonchev–Trinajstić information content (AvgIpc) is 2.77. The minimum atomic E-state index is -3.05. The van der Waals surface area contributed by atoms with Crippen molar-refractivity contribution in [3.8, 4) is 5.75 Å². The normalized spacial score (nSPS) is 20.5.